The van der Waals surface area contributed by atoms with Crippen molar-refractivity contribution < 1.29 is 0 Å². The van der Waals surface area contributed by atoms with Gasteiger partial charge in [0.2, 0.25) is 0 Å². The van der Waals surface area contributed by atoms with Crippen molar-refractivity contribution in [1.29, 1.82) is 0 Å². The van der Waals surface area contributed by atoms with Crippen LogP contribution in [0.4, 0.5) is 0 Å². The second-order valence-corrected chi connectivity index (χ2v) is 6.29. The van der Waals surface area contributed by atoms with Gasteiger partial charge in [0.1, 0.15) is 0 Å². The molecular weight excluding hydrogens is 328 g/mol. The zero-order chi connectivity index (χ0) is 15.9. The standard InChI is InChI=1S/C16H29BrN4/c1-5-16(6-2,21(7-3)8-4)15(20-18)11-14-10-9-13(17)12-19-14/h9-10,12,15,20H,5-8,11,18H2,1-4H3. The summed E-state index contributed by atoms with van der Waals surface area (Å²) in [6.45, 7) is 11.0. The van der Waals surface area contributed by atoms with Gasteiger partial charge in [0.05, 0.1) is 0 Å². The fourth-order valence-corrected chi connectivity index (χ4v) is 3.64. The lowest BCUT2D eigenvalue weighted by atomic mass is 9.80. The number of likely N-dealkylation sites (N-methyl/N-ethyl adjacent to an activating group) is 1. The van der Waals surface area contributed by atoms with E-state index in [1.165, 1.54) is 0 Å². The van der Waals surface area contributed by atoms with Crippen LogP contribution in [0.3, 0.4) is 0 Å². The van der Waals surface area contributed by atoms with Crippen molar-refractivity contribution >= 4 is 15.9 Å². The van der Waals surface area contributed by atoms with Crippen LogP contribution in [0.5, 0.6) is 0 Å². The molecule has 5 heteroatoms. The third kappa shape index (κ3) is 4.25. The Balaban J connectivity index is 3.04. The van der Waals surface area contributed by atoms with Gasteiger partial charge in [-0.3, -0.25) is 21.2 Å². The van der Waals surface area contributed by atoms with E-state index in [1.54, 1.807) is 0 Å². The minimum absolute atomic E-state index is 0.0625. The molecule has 0 aliphatic rings. The van der Waals surface area contributed by atoms with Gasteiger partial charge in [-0.1, -0.05) is 27.7 Å². The van der Waals surface area contributed by atoms with Gasteiger partial charge in [0.15, 0.2) is 0 Å². The normalized spacial score (nSPS) is 13.7. The molecule has 1 aromatic heterocycles. The number of hydrogen-bond acceptors (Lipinski definition) is 4. The van der Waals surface area contributed by atoms with Gasteiger partial charge < -0.3 is 0 Å². The molecule has 1 aromatic rings. The molecule has 0 spiro atoms. The van der Waals surface area contributed by atoms with Gasteiger partial charge in [-0.15, -0.1) is 0 Å². The smallest absolute Gasteiger partial charge is 0.0449 e. The second kappa shape index (κ2) is 8.83. The molecule has 1 unspecified atom stereocenters. The van der Waals surface area contributed by atoms with Gasteiger partial charge in [-0.05, 0) is 54.0 Å². The highest BCUT2D eigenvalue weighted by molar-refractivity contribution is 9.10. The number of hydrazine groups is 1. The maximum Gasteiger partial charge on any atom is 0.0449 e. The summed E-state index contributed by atoms with van der Waals surface area (Å²) in [6.07, 6.45) is 4.81. The fraction of sp³-hybridized carbons (Fsp3) is 0.688. The Bertz CT molecular complexity index is 399. The molecule has 1 rings (SSSR count). The molecule has 0 bridgehead atoms. The van der Waals surface area contributed by atoms with Crippen molar-refractivity contribution in [3.05, 3.63) is 28.5 Å². The summed E-state index contributed by atoms with van der Waals surface area (Å²) in [5.74, 6) is 5.92. The molecule has 4 nitrogen and oxygen atoms in total. The average molecular weight is 357 g/mol. The van der Waals surface area contributed by atoms with E-state index in [0.717, 1.165) is 42.5 Å². The Labute approximate surface area is 137 Å². The molecule has 0 saturated heterocycles. The molecule has 1 atom stereocenters. The van der Waals surface area contributed by atoms with E-state index in [1.807, 2.05) is 12.3 Å². The van der Waals surface area contributed by atoms with Crippen molar-refractivity contribution in [3.63, 3.8) is 0 Å². The van der Waals surface area contributed by atoms with E-state index in [2.05, 4.69) is 65.0 Å². The maximum atomic E-state index is 5.92. The number of halogens is 1. The maximum absolute atomic E-state index is 5.92. The molecule has 1 heterocycles. The lowest BCUT2D eigenvalue weighted by Crippen LogP contribution is -2.63. The number of rotatable bonds is 9. The third-order valence-corrected chi connectivity index (χ3v) is 5.14. The second-order valence-electron chi connectivity index (χ2n) is 5.37. The number of nitrogens with zero attached hydrogens (tertiary/aromatic N) is 2. The quantitative estimate of drug-likeness (QED) is 0.527. The third-order valence-electron chi connectivity index (χ3n) is 4.67. The van der Waals surface area contributed by atoms with E-state index in [4.69, 9.17) is 5.84 Å². The van der Waals surface area contributed by atoms with Gasteiger partial charge in [-0.2, -0.15) is 0 Å². The predicted octanol–water partition coefficient (Wildman–Crippen LogP) is 3.12. The first-order valence-corrected chi connectivity index (χ1v) is 8.68. The van der Waals surface area contributed by atoms with Crippen LogP contribution in [-0.4, -0.2) is 34.6 Å². The van der Waals surface area contributed by atoms with E-state index in [9.17, 15) is 0 Å². The largest absolute Gasteiger partial charge is 0.297 e. The zero-order valence-corrected chi connectivity index (χ0v) is 15.3. The van der Waals surface area contributed by atoms with Crippen LogP contribution >= 0.6 is 15.9 Å². The van der Waals surface area contributed by atoms with Crippen LogP contribution in [0.15, 0.2) is 22.8 Å². The Morgan fingerprint density at radius 2 is 1.86 bits per heavy atom. The minimum Gasteiger partial charge on any atom is -0.297 e. The van der Waals surface area contributed by atoms with Gasteiger partial charge in [-0.25, -0.2) is 0 Å². The van der Waals surface area contributed by atoms with E-state index in [-0.39, 0.29) is 11.6 Å². The zero-order valence-electron chi connectivity index (χ0n) is 13.7. The fourth-order valence-electron chi connectivity index (χ4n) is 3.40. The molecule has 0 aliphatic heterocycles. The van der Waals surface area contributed by atoms with Crippen LogP contribution in [0.1, 0.15) is 46.2 Å². The highest BCUT2D eigenvalue weighted by atomic mass is 79.9. The molecule has 0 aromatic carbocycles. The lowest BCUT2D eigenvalue weighted by Gasteiger charge is -2.47. The van der Waals surface area contributed by atoms with Crippen LogP contribution in [0, 0.1) is 0 Å². The molecule has 0 fully saturated rings. The van der Waals surface area contributed by atoms with Crippen molar-refractivity contribution in [2.45, 2.75) is 58.5 Å². The lowest BCUT2D eigenvalue weighted by molar-refractivity contribution is 0.0489. The Hall–Kier alpha value is -0.490. The summed E-state index contributed by atoms with van der Waals surface area (Å²) < 4.78 is 1.00. The molecule has 0 aliphatic carbocycles. The number of nitrogens with one attached hydrogen (secondary N) is 1. The monoisotopic (exact) mass is 356 g/mol. The summed E-state index contributed by atoms with van der Waals surface area (Å²) in [7, 11) is 0. The van der Waals surface area contributed by atoms with Gasteiger partial charge in [0, 0.05) is 34.4 Å². The van der Waals surface area contributed by atoms with Crippen LogP contribution in [0.25, 0.3) is 0 Å². The Morgan fingerprint density at radius 3 is 2.24 bits per heavy atom. The van der Waals surface area contributed by atoms with E-state index in [0.29, 0.717) is 0 Å². The first-order chi connectivity index (χ1) is 10.1. The van der Waals surface area contributed by atoms with Gasteiger partial charge >= 0.3 is 0 Å². The average Bonchev–Trinajstić information content (AvgIpc) is 2.52. The highest BCUT2D eigenvalue weighted by Crippen LogP contribution is 2.29. The molecule has 21 heavy (non-hydrogen) atoms. The summed E-state index contributed by atoms with van der Waals surface area (Å²) in [4.78, 5) is 7.02. The molecule has 3 N–H and O–H groups in total. The molecule has 0 radical (unpaired) electrons. The molecule has 120 valence electrons. The number of nitrogens with two attached hydrogens (primary N) is 1. The molecule has 0 saturated carbocycles. The van der Waals surface area contributed by atoms with Crippen molar-refractivity contribution in [2.24, 2.45) is 5.84 Å². The predicted molar refractivity (Wildman–Crippen MR) is 93.0 cm³/mol. The van der Waals surface area contributed by atoms with E-state index >= 15 is 0 Å². The number of aromatic nitrogens is 1. The summed E-state index contributed by atoms with van der Waals surface area (Å²) >= 11 is 3.43. The molecular formula is C16H29BrN4. The Kier molecular flexibility index (Phi) is 7.81. The van der Waals surface area contributed by atoms with Crippen LogP contribution in [0.2, 0.25) is 0 Å². The SMILES string of the molecule is CCN(CC)C(CC)(CC)C(Cc1ccc(Br)cn1)NN. The number of hydrogen-bond donors (Lipinski definition) is 2. The minimum atomic E-state index is 0.0625. The first kappa shape index (κ1) is 18.6. The van der Waals surface area contributed by atoms with Gasteiger partial charge in [0.25, 0.3) is 0 Å². The Morgan fingerprint density at radius 1 is 1.24 bits per heavy atom. The molecule has 0 amide bonds. The highest BCUT2D eigenvalue weighted by Gasteiger charge is 2.39. The van der Waals surface area contributed by atoms with Crippen LogP contribution in [-0.2, 0) is 6.42 Å². The van der Waals surface area contributed by atoms with E-state index < -0.39 is 0 Å². The van der Waals surface area contributed by atoms with Crippen molar-refractivity contribution in [1.82, 2.24) is 15.3 Å². The number of pyridine rings is 1. The van der Waals surface area contributed by atoms with Crippen molar-refractivity contribution in [3.8, 4) is 0 Å². The summed E-state index contributed by atoms with van der Waals surface area (Å²) in [6, 6.07) is 4.28. The summed E-state index contributed by atoms with van der Waals surface area (Å²) in [5.41, 5.74) is 4.20. The summed E-state index contributed by atoms with van der Waals surface area (Å²) in [5, 5.41) is 0. The van der Waals surface area contributed by atoms with Crippen molar-refractivity contribution in [2.75, 3.05) is 13.1 Å². The first-order valence-electron chi connectivity index (χ1n) is 7.89. The van der Waals surface area contributed by atoms with Crippen LogP contribution < -0.4 is 11.3 Å². The topological polar surface area (TPSA) is 54.2 Å².